The molecule has 18 heavy (non-hydrogen) atoms. The van der Waals surface area contributed by atoms with Gasteiger partial charge in [-0.3, -0.25) is 0 Å². The number of methoxy groups -OCH3 is 1. The third kappa shape index (κ3) is 5.78. The van der Waals surface area contributed by atoms with Gasteiger partial charge in [0.2, 0.25) is 0 Å². The lowest BCUT2D eigenvalue weighted by molar-refractivity contribution is 0.161. The average molecular weight is 275 g/mol. The average Bonchev–Trinajstić information content (AvgIpc) is 2.36. The molecule has 0 aliphatic heterocycles. The Morgan fingerprint density at radius 1 is 1.39 bits per heavy atom. The number of nitrogens with zero attached hydrogens (tertiary/aromatic N) is 1. The zero-order valence-electron chi connectivity index (χ0n) is 10.9. The molecule has 0 amide bonds. The van der Waals surface area contributed by atoms with Crippen LogP contribution in [0.3, 0.4) is 0 Å². The van der Waals surface area contributed by atoms with Crippen molar-refractivity contribution in [2.24, 2.45) is 0 Å². The second-order valence-electron chi connectivity index (χ2n) is 4.21. The monoisotopic (exact) mass is 274 g/mol. The number of benzene rings is 1. The van der Waals surface area contributed by atoms with E-state index in [9.17, 15) is 4.39 Å². The summed E-state index contributed by atoms with van der Waals surface area (Å²) in [4.78, 5) is 2.17. The minimum Gasteiger partial charge on any atom is -0.383 e. The third-order valence-corrected chi connectivity index (χ3v) is 3.04. The van der Waals surface area contributed by atoms with Gasteiger partial charge in [0.15, 0.2) is 0 Å². The zero-order valence-corrected chi connectivity index (χ0v) is 11.6. The van der Waals surface area contributed by atoms with E-state index in [1.165, 1.54) is 12.1 Å². The first-order valence-electron chi connectivity index (χ1n) is 5.95. The molecule has 0 unspecified atom stereocenters. The van der Waals surface area contributed by atoms with Gasteiger partial charge >= 0.3 is 0 Å². The predicted octanol–water partition coefficient (Wildman–Crippen LogP) is 2.15. The molecule has 1 rings (SSSR count). The number of rotatable bonds is 8. The standard InChI is InChI=1S/C13H20ClFN2O/c1-17(7-8-18-2)6-5-16-10-11-9-12(15)3-4-13(11)14/h3-4,9,16H,5-8,10H2,1-2H3. The summed E-state index contributed by atoms with van der Waals surface area (Å²) in [5.41, 5.74) is 0.788. The molecular weight excluding hydrogens is 255 g/mol. The number of hydrogen-bond acceptors (Lipinski definition) is 3. The van der Waals surface area contributed by atoms with Crippen LogP contribution in [0.2, 0.25) is 5.02 Å². The summed E-state index contributed by atoms with van der Waals surface area (Å²) >= 11 is 5.97. The second kappa shape index (κ2) is 8.43. The van der Waals surface area contributed by atoms with E-state index in [4.69, 9.17) is 16.3 Å². The molecule has 1 aromatic carbocycles. The van der Waals surface area contributed by atoms with Gasteiger partial charge in [0.25, 0.3) is 0 Å². The number of halogens is 2. The van der Waals surface area contributed by atoms with Crippen molar-refractivity contribution >= 4 is 11.6 Å². The Balaban J connectivity index is 2.23. The topological polar surface area (TPSA) is 24.5 Å². The van der Waals surface area contributed by atoms with Gasteiger partial charge in [0.05, 0.1) is 6.61 Å². The van der Waals surface area contributed by atoms with Crippen LogP contribution in [0.15, 0.2) is 18.2 Å². The Kier molecular flexibility index (Phi) is 7.20. The molecule has 0 heterocycles. The molecule has 0 aromatic heterocycles. The minimum absolute atomic E-state index is 0.256. The van der Waals surface area contributed by atoms with Crippen LogP contribution in [0.1, 0.15) is 5.56 Å². The highest BCUT2D eigenvalue weighted by Gasteiger charge is 2.02. The summed E-state index contributed by atoms with van der Waals surface area (Å²) in [6.07, 6.45) is 0. The van der Waals surface area contributed by atoms with Crippen molar-refractivity contribution in [2.45, 2.75) is 6.54 Å². The van der Waals surface area contributed by atoms with Crippen LogP contribution in [0.25, 0.3) is 0 Å². The van der Waals surface area contributed by atoms with Crippen LogP contribution in [0.4, 0.5) is 4.39 Å². The fourth-order valence-corrected chi connectivity index (χ4v) is 1.72. The molecule has 0 radical (unpaired) electrons. The maximum absolute atomic E-state index is 13.0. The Morgan fingerprint density at radius 3 is 2.89 bits per heavy atom. The normalized spacial score (nSPS) is 11.2. The van der Waals surface area contributed by atoms with E-state index in [2.05, 4.69) is 10.2 Å². The summed E-state index contributed by atoms with van der Waals surface area (Å²) in [6, 6.07) is 4.41. The largest absolute Gasteiger partial charge is 0.383 e. The second-order valence-corrected chi connectivity index (χ2v) is 4.62. The van der Waals surface area contributed by atoms with E-state index in [-0.39, 0.29) is 5.82 Å². The molecule has 0 saturated carbocycles. The van der Waals surface area contributed by atoms with Crippen molar-refractivity contribution in [1.29, 1.82) is 0 Å². The highest BCUT2D eigenvalue weighted by molar-refractivity contribution is 6.31. The maximum Gasteiger partial charge on any atom is 0.123 e. The van der Waals surface area contributed by atoms with Crippen LogP contribution in [-0.2, 0) is 11.3 Å². The third-order valence-electron chi connectivity index (χ3n) is 2.67. The fraction of sp³-hybridized carbons (Fsp3) is 0.538. The van der Waals surface area contributed by atoms with Crippen LogP contribution in [0, 0.1) is 5.82 Å². The van der Waals surface area contributed by atoms with Gasteiger partial charge in [-0.05, 0) is 30.8 Å². The van der Waals surface area contributed by atoms with Gasteiger partial charge in [-0.1, -0.05) is 11.6 Å². The molecule has 0 aliphatic carbocycles. The maximum atomic E-state index is 13.0. The summed E-state index contributed by atoms with van der Waals surface area (Å²) in [5, 5.41) is 3.84. The smallest absolute Gasteiger partial charge is 0.123 e. The molecule has 1 aromatic rings. The quantitative estimate of drug-likeness (QED) is 0.735. The van der Waals surface area contributed by atoms with Gasteiger partial charge in [-0.2, -0.15) is 0 Å². The van der Waals surface area contributed by atoms with Crippen LogP contribution in [-0.4, -0.2) is 45.3 Å². The number of likely N-dealkylation sites (N-methyl/N-ethyl adjacent to an activating group) is 1. The molecule has 5 heteroatoms. The molecule has 0 spiro atoms. The molecule has 0 bridgehead atoms. The van der Waals surface area contributed by atoms with Crippen molar-refractivity contribution in [3.8, 4) is 0 Å². The lowest BCUT2D eigenvalue weighted by Crippen LogP contribution is -2.31. The lowest BCUT2D eigenvalue weighted by Gasteiger charge is -2.16. The van der Waals surface area contributed by atoms with E-state index in [0.717, 1.165) is 31.8 Å². The highest BCUT2D eigenvalue weighted by Crippen LogP contribution is 2.16. The highest BCUT2D eigenvalue weighted by atomic mass is 35.5. The lowest BCUT2D eigenvalue weighted by atomic mass is 10.2. The van der Waals surface area contributed by atoms with E-state index >= 15 is 0 Å². The first-order chi connectivity index (χ1) is 8.63. The van der Waals surface area contributed by atoms with Crippen LogP contribution >= 0.6 is 11.6 Å². The van der Waals surface area contributed by atoms with Crippen molar-refractivity contribution < 1.29 is 9.13 Å². The fourth-order valence-electron chi connectivity index (χ4n) is 1.53. The van der Waals surface area contributed by atoms with Gasteiger partial charge < -0.3 is 15.0 Å². The van der Waals surface area contributed by atoms with Gasteiger partial charge in [0, 0.05) is 38.3 Å². The first-order valence-corrected chi connectivity index (χ1v) is 6.33. The molecule has 0 saturated heterocycles. The van der Waals surface area contributed by atoms with Crippen LogP contribution in [0.5, 0.6) is 0 Å². The van der Waals surface area contributed by atoms with Crippen molar-refractivity contribution in [1.82, 2.24) is 10.2 Å². The number of ether oxygens (including phenoxy) is 1. The van der Waals surface area contributed by atoms with Crippen molar-refractivity contribution in [3.05, 3.63) is 34.6 Å². The number of nitrogens with one attached hydrogen (secondary N) is 1. The zero-order chi connectivity index (χ0) is 13.4. The summed E-state index contributed by atoms with van der Waals surface area (Å²) in [5.74, 6) is -0.256. The molecule has 0 atom stereocenters. The predicted molar refractivity (Wildman–Crippen MR) is 72.5 cm³/mol. The SMILES string of the molecule is COCCN(C)CCNCc1cc(F)ccc1Cl. The summed E-state index contributed by atoms with van der Waals surface area (Å²) in [6.45, 7) is 3.95. The Morgan fingerprint density at radius 2 is 2.17 bits per heavy atom. The van der Waals surface area contributed by atoms with Gasteiger partial charge in [0.1, 0.15) is 5.82 Å². The van der Waals surface area contributed by atoms with E-state index in [0.29, 0.717) is 11.6 Å². The molecular formula is C13H20ClFN2O. The molecule has 1 N–H and O–H groups in total. The number of hydrogen-bond donors (Lipinski definition) is 1. The molecule has 0 fully saturated rings. The Bertz CT molecular complexity index is 363. The van der Waals surface area contributed by atoms with Gasteiger partial charge in [-0.25, -0.2) is 4.39 Å². The Labute approximate surface area is 113 Å². The minimum atomic E-state index is -0.256. The van der Waals surface area contributed by atoms with Crippen LogP contribution < -0.4 is 5.32 Å². The summed E-state index contributed by atoms with van der Waals surface area (Å²) in [7, 11) is 3.73. The van der Waals surface area contributed by atoms with Gasteiger partial charge in [-0.15, -0.1) is 0 Å². The van der Waals surface area contributed by atoms with Crippen molar-refractivity contribution in [3.63, 3.8) is 0 Å². The van der Waals surface area contributed by atoms with Crippen molar-refractivity contribution in [2.75, 3.05) is 40.4 Å². The summed E-state index contributed by atoms with van der Waals surface area (Å²) < 4.78 is 18.0. The van der Waals surface area contributed by atoms with E-state index in [1.807, 2.05) is 7.05 Å². The molecule has 3 nitrogen and oxygen atoms in total. The van der Waals surface area contributed by atoms with E-state index < -0.39 is 0 Å². The van der Waals surface area contributed by atoms with E-state index in [1.54, 1.807) is 13.2 Å². The molecule has 102 valence electrons. The molecule has 0 aliphatic rings. The Hall–Kier alpha value is -0.680. The first kappa shape index (κ1) is 15.4.